The summed E-state index contributed by atoms with van der Waals surface area (Å²) >= 11 is 0. The zero-order valence-electron chi connectivity index (χ0n) is 7.97. The highest BCUT2D eigenvalue weighted by atomic mass is 17.2. The first-order valence-electron chi connectivity index (χ1n) is 4.59. The summed E-state index contributed by atoms with van der Waals surface area (Å²) in [4.78, 5) is 9.50. The monoisotopic (exact) mass is 174 g/mol. The van der Waals surface area contributed by atoms with Crippen LogP contribution >= 0.6 is 0 Å². The summed E-state index contributed by atoms with van der Waals surface area (Å²) in [6.07, 6.45) is 3.56. The van der Waals surface area contributed by atoms with Crippen molar-refractivity contribution in [2.24, 2.45) is 0 Å². The Morgan fingerprint density at radius 1 is 1.00 bits per heavy atom. The molecule has 0 amide bonds. The maximum absolute atomic E-state index is 4.94. The molecule has 0 radical (unpaired) electrons. The predicted molar refractivity (Wildman–Crippen MR) is 45.8 cm³/mol. The molecule has 0 aromatic carbocycles. The standard InChI is InChI=1S/C5H10O2.C4H8O/c1-5(2)3-4-6-7-5;1-2-4-5-3-1/h3-4H2,1-2H3;1-4H2. The normalized spacial score (nSPS) is 26.5. The molecule has 0 aliphatic carbocycles. The summed E-state index contributed by atoms with van der Waals surface area (Å²) in [7, 11) is 0. The second-order valence-electron chi connectivity index (χ2n) is 3.73. The van der Waals surface area contributed by atoms with Crippen molar-refractivity contribution in [2.45, 2.75) is 38.7 Å². The van der Waals surface area contributed by atoms with Crippen molar-refractivity contribution < 1.29 is 14.5 Å². The molecular weight excluding hydrogens is 156 g/mol. The molecule has 2 aliphatic rings. The SMILES string of the molecule is C1CCOC1.CC1(C)CCOO1. The summed E-state index contributed by atoms with van der Waals surface area (Å²) in [6.45, 7) is 6.77. The van der Waals surface area contributed by atoms with Gasteiger partial charge in [0.25, 0.3) is 0 Å². The first-order valence-corrected chi connectivity index (χ1v) is 4.59. The summed E-state index contributed by atoms with van der Waals surface area (Å²) < 4.78 is 4.94. The van der Waals surface area contributed by atoms with Crippen molar-refractivity contribution in [2.75, 3.05) is 19.8 Å². The van der Waals surface area contributed by atoms with Crippen LogP contribution in [0.1, 0.15) is 33.1 Å². The zero-order valence-corrected chi connectivity index (χ0v) is 7.97. The third kappa shape index (κ3) is 4.04. The van der Waals surface area contributed by atoms with Gasteiger partial charge in [0.1, 0.15) is 5.60 Å². The summed E-state index contributed by atoms with van der Waals surface area (Å²) in [5.41, 5.74) is -0.0278. The van der Waals surface area contributed by atoms with Gasteiger partial charge in [-0.15, -0.1) is 0 Å². The lowest BCUT2D eigenvalue weighted by molar-refractivity contribution is -0.299. The van der Waals surface area contributed by atoms with Gasteiger partial charge in [0.2, 0.25) is 0 Å². The molecule has 0 atom stereocenters. The summed E-state index contributed by atoms with van der Waals surface area (Å²) in [5, 5.41) is 0. The van der Waals surface area contributed by atoms with E-state index in [0.717, 1.165) is 26.2 Å². The van der Waals surface area contributed by atoms with Crippen LogP contribution in [-0.2, 0) is 14.5 Å². The Morgan fingerprint density at radius 3 is 1.83 bits per heavy atom. The maximum atomic E-state index is 4.94. The van der Waals surface area contributed by atoms with Gasteiger partial charge in [-0.2, -0.15) is 0 Å². The number of hydrogen-bond donors (Lipinski definition) is 0. The zero-order chi connectivity index (χ0) is 8.86. The molecule has 3 nitrogen and oxygen atoms in total. The minimum atomic E-state index is -0.0278. The van der Waals surface area contributed by atoms with Crippen LogP contribution in [0.3, 0.4) is 0 Å². The molecular formula is C9H18O3. The van der Waals surface area contributed by atoms with Crippen molar-refractivity contribution in [3.8, 4) is 0 Å². The molecule has 2 heterocycles. The van der Waals surface area contributed by atoms with E-state index in [1.165, 1.54) is 12.8 Å². The van der Waals surface area contributed by atoms with Crippen LogP contribution in [0.15, 0.2) is 0 Å². The predicted octanol–water partition coefficient (Wildman–Crippen LogP) is 1.91. The third-order valence-corrected chi connectivity index (χ3v) is 1.90. The largest absolute Gasteiger partial charge is 0.381 e. The van der Waals surface area contributed by atoms with Crippen LogP contribution in [0.25, 0.3) is 0 Å². The van der Waals surface area contributed by atoms with Gasteiger partial charge in [-0.3, -0.25) is 0 Å². The maximum Gasteiger partial charge on any atom is 0.100 e. The molecule has 2 aliphatic heterocycles. The highest BCUT2D eigenvalue weighted by Gasteiger charge is 2.25. The quantitative estimate of drug-likeness (QED) is 0.525. The fourth-order valence-corrected chi connectivity index (χ4v) is 1.04. The molecule has 12 heavy (non-hydrogen) atoms. The Balaban J connectivity index is 0.000000127. The van der Waals surface area contributed by atoms with Crippen molar-refractivity contribution in [1.29, 1.82) is 0 Å². The first kappa shape index (κ1) is 9.96. The van der Waals surface area contributed by atoms with Gasteiger partial charge in [-0.1, -0.05) is 0 Å². The molecule has 2 rings (SSSR count). The molecule has 0 unspecified atom stereocenters. The molecule has 3 heteroatoms. The van der Waals surface area contributed by atoms with E-state index in [4.69, 9.17) is 9.62 Å². The van der Waals surface area contributed by atoms with Gasteiger partial charge in [0, 0.05) is 19.6 Å². The van der Waals surface area contributed by atoms with Crippen LogP contribution in [0, 0.1) is 0 Å². The second-order valence-corrected chi connectivity index (χ2v) is 3.73. The van der Waals surface area contributed by atoms with E-state index in [9.17, 15) is 0 Å². The Morgan fingerprint density at radius 2 is 1.67 bits per heavy atom. The van der Waals surface area contributed by atoms with E-state index in [2.05, 4.69) is 4.89 Å². The van der Waals surface area contributed by atoms with Crippen LogP contribution in [0.2, 0.25) is 0 Å². The first-order chi connectivity index (χ1) is 5.71. The van der Waals surface area contributed by atoms with Gasteiger partial charge in [0.15, 0.2) is 0 Å². The van der Waals surface area contributed by atoms with Crippen molar-refractivity contribution in [1.82, 2.24) is 0 Å². The summed E-state index contributed by atoms with van der Waals surface area (Å²) in [5.74, 6) is 0. The van der Waals surface area contributed by atoms with Gasteiger partial charge in [-0.25, -0.2) is 9.78 Å². The molecule has 0 bridgehead atoms. The Kier molecular flexibility index (Phi) is 3.98. The second kappa shape index (κ2) is 4.80. The Labute approximate surface area is 73.9 Å². The minimum absolute atomic E-state index is 0.0278. The van der Waals surface area contributed by atoms with Gasteiger partial charge in [-0.05, 0) is 26.7 Å². The van der Waals surface area contributed by atoms with Crippen molar-refractivity contribution in [3.05, 3.63) is 0 Å². The lowest BCUT2D eigenvalue weighted by atomic mass is 10.1. The lowest BCUT2D eigenvalue weighted by Gasteiger charge is -2.10. The van der Waals surface area contributed by atoms with E-state index in [-0.39, 0.29) is 5.60 Å². The van der Waals surface area contributed by atoms with Gasteiger partial charge in [0.05, 0.1) is 6.61 Å². The molecule has 72 valence electrons. The van der Waals surface area contributed by atoms with Crippen LogP contribution < -0.4 is 0 Å². The molecule has 0 saturated carbocycles. The van der Waals surface area contributed by atoms with Crippen molar-refractivity contribution >= 4 is 0 Å². The summed E-state index contributed by atoms with van der Waals surface area (Å²) in [6, 6.07) is 0. The fourth-order valence-electron chi connectivity index (χ4n) is 1.04. The molecule has 2 fully saturated rings. The van der Waals surface area contributed by atoms with E-state index in [1.54, 1.807) is 0 Å². The third-order valence-electron chi connectivity index (χ3n) is 1.90. The smallest absolute Gasteiger partial charge is 0.100 e. The van der Waals surface area contributed by atoms with E-state index >= 15 is 0 Å². The highest BCUT2D eigenvalue weighted by molar-refractivity contribution is 4.68. The van der Waals surface area contributed by atoms with Crippen LogP contribution in [0.4, 0.5) is 0 Å². The van der Waals surface area contributed by atoms with E-state index in [1.807, 2.05) is 13.8 Å². The van der Waals surface area contributed by atoms with E-state index in [0.29, 0.717) is 0 Å². The lowest BCUT2D eigenvalue weighted by Crippen LogP contribution is -2.15. The van der Waals surface area contributed by atoms with Crippen LogP contribution in [0.5, 0.6) is 0 Å². The number of rotatable bonds is 0. The minimum Gasteiger partial charge on any atom is -0.381 e. The average molecular weight is 174 g/mol. The molecule has 0 spiro atoms. The van der Waals surface area contributed by atoms with Gasteiger partial charge >= 0.3 is 0 Å². The van der Waals surface area contributed by atoms with Crippen LogP contribution in [-0.4, -0.2) is 25.4 Å². The average Bonchev–Trinajstić information content (AvgIpc) is 2.60. The topological polar surface area (TPSA) is 27.7 Å². The highest BCUT2D eigenvalue weighted by Crippen LogP contribution is 2.20. The number of ether oxygens (including phenoxy) is 1. The van der Waals surface area contributed by atoms with E-state index < -0.39 is 0 Å². The Bertz CT molecular complexity index is 103. The molecule has 0 aromatic heterocycles. The van der Waals surface area contributed by atoms with Crippen molar-refractivity contribution in [3.63, 3.8) is 0 Å². The molecule has 2 saturated heterocycles. The van der Waals surface area contributed by atoms with Gasteiger partial charge < -0.3 is 4.74 Å². The Hall–Kier alpha value is -0.120. The molecule has 0 aromatic rings. The molecule has 0 N–H and O–H groups in total. The fraction of sp³-hybridized carbons (Fsp3) is 1.00. The number of hydrogen-bond acceptors (Lipinski definition) is 3.